The van der Waals surface area contributed by atoms with Crippen molar-refractivity contribution in [2.24, 2.45) is 5.41 Å². The topological polar surface area (TPSA) is 107 Å². The number of rotatable bonds is 5. The molecule has 2 saturated heterocycles. The summed E-state index contributed by atoms with van der Waals surface area (Å²) in [5.74, 6) is -0.521. The maximum atomic E-state index is 16.1. The summed E-state index contributed by atoms with van der Waals surface area (Å²) in [4.78, 5) is 20.4. The molecule has 36 heavy (non-hydrogen) atoms. The van der Waals surface area contributed by atoms with E-state index < -0.39 is 29.1 Å². The zero-order valence-corrected chi connectivity index (χ0v) is 20.9. The van der Waals surface area contributed by atoms with Gasteiger partial charge in [0.1, 0.15) is 12.0 Å². The fourth-order valence-corrected chi connectivity index (χ4v) is 5.49. The van der Waals surface area contributed by atoms with Gasteiger partial charge in [-0.25, -0.2) is 9.18 Å². The van der Waals surface area contributed by atoms with Gasteiger partial charge in [-0.3, -0.25) is 19.5 Å². The number of aliphatic hydroxyl groups is 2. The van der Waals surface area contributed by atoms with Crippen LogP contribution in [0, 0.1) is 11.2 Å². The van der Waals surface area contributed by atoms with Crippen molar-refractivity contribution >= 4 is 22.6 Å². The largest absolute Gasteiger partial charge is 0.384 e. The highest BCUT2D eigenvalue weighted by molar-refractivity contribution is 5.95. The van der Waals surface area contributed by atoms with Gasteiger partial charge in [-0.05, 0) is 25.5 Å². The molecule has 192 valence electrons. The van der Waals surface area contributed by atoms with Gasteiger partial charge in [0.05, 0.1) is 29.2 Å². The van der Waals surface area contributed by atoms with Gasteiger partial charge in [0.2, 0.25) is 0 Å². The third-order valence-electron chi connectivity index (χ3n) is 7.65. The van der Waals surface area contributed by atoms with Gasteiger partial charge in [0, 0.05) is 67.3 Å². The van der Waals surface area contributed by atoms with Gasteiger partial charge < -0.3 is 15.5 Å². The lowest BCUT2D eigenvalue weighted by Crippen LogP contribution is -2.55. The molecule has 1 aromatic carbocycles. The third-order valence-corrected chi connectivity index (χ3v) is 7.65. The molecule has 9 nitrogen and oxygen atoms in total. The van der Waals surface area contributed by atoms with E-state index in [0.717, 1.165) is 18.7 Å². The van der Waals surface area contributed by atoms with Crippen LogP contribution in [0.5, 0.6) is 0 Å². The summed E-state index contributed by atoms with van der Waals surface area (Å²) < 4.78 is 17.9. The van der Waals surface area contributed by atoms with E-state index in [1.54, 1.807) is 18.2 Å². The number of amides is 2. The summed E-state index contributed by atoms with van der Waals surface area (Å²) in [6.07, 6.45) is 5.27. The molecule has 2 atom stereocenters. The molecule has 4 heterocycles. The van der Waals surface area contributed by atoms with Gasteiger partial charge in [-0.2, -0.15) is 5.10 Å². The van der Waals surface area contributed by atoms with Crippen molar-refractivity contribution in [3.05, 3.63) is 53.7 Å². The molecule has 0 aliphatic carbocycles. The van der Waals surface area contributed by atoms with Crippen LogP contribution >= 0.6 is 0 Å². The lowest BCUT2D eigenvalue weighted by molar-refractivity contribution is -0.128. The molecule has 0 bridgehead atoms. The second kappa shape index (κ2) is 9.10. The third kappa shape index (κ3) is 4.23. The van der Waals surface area contributed by atoms with E-state index >= 15 is 4.39 Å². The number of nitrogens with zero attached hydrogens (tertiary/aromatic N) is 5. The molecule has 0 radical (unpaired) electrons. The van der Waals surface area contributed by atoms with Crippen LogP contribution in [0.2, 0.25) is 0 Å². The predicted octanol–water partition coefficient (Wildman–Crippen LogP) is 2.95. The number of carbonyl (C=O) groups is 1. The number of hydrogen-bond acceptors (Lipinski definition) is 6. The molecule has 5 rings (SSSR count). The van der Waals surface area contributed by atoms with Crippen molar-refractivity contribution in [2.45, 2.75) is 58.5 Å². The molecule has 2 aromatic heterocycles. The number of piperidine rings is 1. The Kier molecular flexibility index (Phi) is 6.22. The fraction of sp³-hybridized carbons (Fsp3) is 0.500. The lowest BCUT2D eigenvalue weighted by atomic mass is 9.66. The molecule has 2 aliphatic heterocycles. The second-order valence-electron chi connectivity index (χ2n) is 10.5. The molecule has 2 fully saturated rings. The molecule has 2 aliphatic rings. The minimum absolute atomic E-state index is 0.246. The van der Waals surface area contributed by atoms with Gasteiger partial charge in [-0.15, -0.1) is 0 Å². The highest BCUT2D eigenvalue weighted by Crippen LogP contribution is 2.48. The predicted molar refractivity (Wildman–Crippen MR) is 134 cm³/mol. The van der Waals surface area contributed by atoms with Gasteiger partial charge in [0.15, 0.2) is 0 Å². The SMILES string of the molecule is CCn1cc(CN2CC[C@](O)(c3ccc4ncc(N5CCC(O)NC5=O)cc4c3F)C(C)(C)C2)cn1. The number of carbonyl (C=O) groups excluding carboxylic acids is 1. The monoisotopic (exact) mass is 496 g/mol. The second-order valence-corrected chi connectivity index (χ2v) is 10.5. The molecular weight excluding hydrogens is 463 g/mol. The first-order valence-corrected chi connectivity index (χ1v) is 12.4. The van der Waals surface area contributed by atoms with Crippen LogP contribution in [0.4, 0.5) is 14.9 Å². The molecule has 0 spiro atoms. The lowest BCUT2D eigenvalue weighted by Gasteiger charge is -2.50. The number of aromatic nitrogens is 3. The summed E-state index contributed by atoms with van der Waals surface area (Å²) >= 11 is 0. The van der Waals surface area contributed by atoms with Gasteiger partial charge in [-0.1, -0.05) is 19.9 Å². The molecule has 0 saturated carbocycles. The van der Waals surface area contributed by atoms with Crippen molar-refractivity contribution in [3.8, 4) is 0 Å². The Balaban J connectivity index is 1.43. The van der Waals surface area contributed by atoms with Crippen LogP contribution in [0.1, 0.15) is 44.7 Å². The van der Waals surface area contributed by atoms with E-state index in [9.17, 15) is 15.0 Å². The minimum atomic E-state index is -1.38. The summed E-state index contributed by atoms with van der Waals surface area (Å²) in [5, 5.41) is 28.6. The number of aliphatic hydroxyl groups excluding tert-OH is 1. The molecule has 3 N–H and O–H groups in total. The van der Waals surface area contributed by atoms with Crippen LogP contribution in [-0.4, -0.2) is 61.8 Å². The Labute approximate surface area is 209 Å². The standard InChI is InChI=1S/C26H33FN6O3/c1-4-32-15-17(12-29-32)14-31-10-8-26(36,25(2,3)16-31)20-5-6-21-19(23(20)27)11-18(13-28-21)33-9-7-22(34)30-24(33)35/h5-6,11-13,15,22,34,36H,4,7-10,14,16H2,1-3H3,(H,30,35)/t22?,26-/m0/s1. The number of pyridine rings is 1. The van der Waals surface area contributed by atoms with Crippen molar-refractivity contribution in [2.75, 3.05) is 24.5 Å². The smallest absolute Gasteiger partial charge is 0.323 e. The Morgan fingerprint density at radius 3 is 2.75 bits per heavy atom. The van der Waals surface area contributed by atoms with E-state index in [2.05, 4.69) is 20.3 Å². The number of fused-ring (bicyclic) bond motifs is 1. The maximum absolute atomic E-state index is 16.1. The average Bonchev–Trinajstić information content (AvgIpc) is 3.29. The van der Waals surface area contributed by atoms with E-state index in [0.29, 0.717) is 43.7 Å². The van der Waals surface area contributed by atoms with Crippen LogP contribution in [0.15, 0.2) is 36.8 Å². The van der Waals surface area contributed by atoms with Crippen molar-refractivity contribution in [1.82, 2.24) is 25.0 Å². The molecule has 10 heteroatoms. The van der Waals surface area contributed by atoms with E-state index in [1.165, 1.54) is 11.1 Å². The Hall–Kier alpha value is -3.08. The number of urea groups is 1. The quantitative estimate of drug-likeness (QED) is 0.502. The van der Waals surface area contributed by atoms with Crippen LogP contribution in [0.25, 0.3) is 10.9 Å². The van der Waals surface area contributed by atoms with Crippen LogP contribution < -0.4 is 10.2 Å². The number of aryl methyl sites for hydroxylation is 1. The maximum Gasteiger partial charge on any atom is 0.323 e. The van der Waals surface area contributed by atoms with E-state index in [4.69, 9.17) is 0 Å². The zero-order chi connectivity index (χ0) is 25.7. The summed E-state index contributed by atoms with van der Waals surface area (Å²) in [6.45, 7) is 9.02. The number of likely N-dealkylation sites (tertiary alicyclic amines) is 1. The number of halogens is 1. The molecule has 2 amide bonds. The summed E-state index contributed by atoms with van der Waals surface area (Å²) in [6, 6.07) is 4.49. The highest BCUT2D eigenvalue weighted by atomic mass is 19.1. The first-order valence-electron chi connectivity index (χ1n) is 12.4. The summed E-state index contributed by atoms with van der Waals surface area (Å²) in [7, 11) is 0. The van der Waals surface area contributed by atoms with Crippen LogP contribution in [0.3, 0.4) is 0 Å². The highest BCUT2D eigenvalue weighted by Gasteiger charge is 2.50. The average molecular weight is 497 g/mol. The van der Waals surface area contributed by atoms with Crippen LogP contribution in [-0.2, 0) is 18.7 Å². The number of hydrogen-bond donors (Lipinski definition) is 3. The van der Waals surface area contributed by atoms with Crippen molar-refractivity contribution < 1.29 is 19.4 Å². The summed E-state index contributed by atoms with van der Waals surface area (Å²) in [5.41, 5.74) is 0.242. The minimum Gasteiger partial charge on any atom is -0.384 e. The van der Waals surface area contributed by atoms with Gasteiger partial charge in [0.25, 0.3) is 0 Å². The molecular formula is C26H33FN6O3. The van der Waals surface area contributed by atoms with E-state index in [1.807, 2.05) is 37.8 Å². The molecule has 1 unspecified atom stereocenters. The van der Waals surface area contributed by atoms with Gasteiger partial charge >= 0.3 is 6.03 Å². The number of benzene rings is 1. The Morgan fingerprint density at radius 2 is 2.06 bits per heavy atom. The molecule has 3 aromatic rings. The fourth-order valence-electron chi connectivity index (χ4n) is 5.49. The first kappa shape index (κ1) is 24.6. The number of nitrogens with one attached hydrogen (secondary N) is 1. The first-order chi connectivity index (χ1) is 17.1. The Bertz CT molecular complexity index is 1290. The Morgan fingerprint density at radius 1 is 1.25 bits per heavy atom. The zero-order valence-electron chi connectivity index (χ0n) is 20.9. The van der Waals surface area contributed by atoms with Crippen molar-refractivity contribution in [3.63, 3.8) is 0 Å². The van der Waals surface area contributed by atoms with Crippen molar-refractivity contribution in [1.29, 1.82) is 0 Å². The van der Waals surface area contributed by atoms with E-state index in [-0.39, 0.29) is 10.9 Å². The normalized spacial score (nSPS) is 24.8. The number of anilines is 1.